The Labute approximate surface area is 160 Å². The summed E-state index contributed by atoms with van der Waals surface area (Å²) in [4.78, 5) is 38.8. The van der Waals surface area contributed by atoms with Crippen LogP contribution in [0.3, 0.4) is 0 Å². The van der Waals surface area contributed by atoms with Crippen LogP contribution in [0.5, 0.6) is 11.5 Å². The van der Waals surface area contributed by atoms with Crippen LogP contribution in [0.2, 0.25) is 0 Å². The van der Waals surface area contributed by atoms with Gasteiger partial charge in [-0.1, -0.05) is 12.1 Å². The van der Waals surface area contributed by atoms with Crippen molar-refractivity contribution < 1.29 is 14.3 Å². The minimum atomic E-state index is -0.418. The highest BCUT2D eigenvalue weighted by molar-refractivity contribution is 5.81. The predicted molar refractivity (Wildman–Crippen MR) is 105 cm³/mol. The molecule has 8 nitrogen and oxygen atoms in total. The number of rotatable bonds is 6. The molecule has 28 heavy (non-hydrogen) atoms. The van der Waals surface area contributed by atoms with E-state index < -0.39 is 11.1 Å². The van der Waals surface area contributed by atoms with Crippen LogP contribution in [0.15, 0.2) is 52.1 Å². The molecule has 0 fully saturated rings. The maximum Gasteiger partial charge on any atom is 0.273 e. The van der Waals surface area contributed by atoms with Crippen molar-refractivity contribution in [2.24, 2.45) is 0 Å². The molecule has 0 spiro atoms. The van der Waals surface area contributed by atoms with Gasteiger partial charge in [0.1, 0.15) is 18.0 Å². The van der Waals surface area contributed by atoms with Crippen molar-refractivity contribution in [3.63, 3.8) is 0 Å². The molecule has 1 N–H and O–H groups in total. The number of fused-ring (bicyclic) bond motifs is 1. The molecular weight excluding hydrogens is 362 g/mol. The molecule has 3 aromatic rings. The van der Waals surface area contributed by atoms with Gasteiger partial charge < -0.3 is 14.4 Å². The fourth-order valence-corrected chi connectivity index (χ4v) is 2.94. The lowest BCUT2D eigenvalue weighted by Crippen LogP contribution is -2.37. The number of aromatic amines is 1. The molecule has 0 saturated heterocycles. The minimum absolute atomic E-state index is 0.270. The summed E-state index contributed by atoms with van der Waals surface area (Å²) in [5.74, 6) is 0.913. The zero-order valence-corrected chi connectivity index (χ0v) is 15.9. The molecule has 1 amide bonds. The van der Waals surface area contributed by atoms with Crippen molar-refractivity contribution in [1.82, 2.24) is 14.7 Å². The number of carbonyl (C=O) groups excluding carboxylic acids is 1. The average Bonchev–Trinajstić information content (AvgIpc) is 2.72. The van der Waals surface area contributed by atoms with Crippen LogP contribution in [-0.2, 0) is 17.9 Å². The van der Waals surface area contributed by atoms with E-state index in [4.69, 9.17) is 9.47 Å². The Morgan fingerprint density at radius 1 is 1.07 bits per heavy atom. The highest BCUT2D eigenvalue weighted by Gasteiger charge is 2.15. The summed E-state index contributed by atoms with van der Waals surface area (Å²) >= 11 is 0. The molecule has 1 aromatic heterocycles. The van der Waals surface area contributed by atoms with Gasteiger partial charge in [0.2, 0.25) is 5.91 Å². The first-order valence-electron chi connectivity index (χ1n) is 8.61. The number of hydrogen-bond acceptors (Lipinski definition) is 5. The number of hydrogen-bond donors (Lipinski definition) is 1. The van der Waals surface area contributed by atoms with Gasteiger partial charge in [-0.15, -0.1) is 0 Å². The lowest BCUT2D eigenvalue weighted by molar-refractivity contribution is -0.131. The summed E-state index contributed by atoms with van der Waals surface area (Å²) in [5.41, 5.74) is -0.0417. The fraction of sp³-hybridized carbons (Fsp3) is 0.250. The molecule has 0 bridgehead atoms. The normalized spacial score (nSPS) is 10.7. The predicted octanol–water partition coefficient (Wildman–Crippen LogP) is 1.37. The second-order valence-electron chi connectivity index (χ2n) is 6.31. The monoisotopic (exact) mass is 383 g/mol. The van der Waals surface area contributed by atoms with E-state index in [1.54, 1.807) is 57.7 Å². The number of nitrogens with zero attached hydrogens (tertiary/aromatic N) is 2. The number of H-pyrrole nitrogens is 1. The van der Waals surface area contributed by atoms with Gasteiger partial charge >= 0.3 is 0 Å². The van der Waals surface area contributed by atoms with Crippen LogP contribution in [0, 0.1) is 0 Å². The van der Waals surface area contributed by atoms with Gasteiger partial charge in [0, 0.05) is 25.2 Å². The van der Waals surface area contributed by atoms with Crippen molar-refractivity contribution in [2.75, 3.05) is 21.3 Å². The summed E-state index contributed by atoms with van der Waals surface area (Å²) < 4.78 is 11.6. The third-order valence-electron chi connectivity index (χ3n) is 4.50. The lowest BCUT2D eigenvalue weighted by atomic mass is 10.1. The maximum atomic E-state index is 12.6. The van der Waals surface area contributed by atoms with Gasteiger partial charge in [-0.05, 0) is 24.3 Å². The third-order valence-corrected chi connectivity index (χ3v) is 4.50. The number of likely N-dealkylation sites (N-methyl/N-ethyl adjacent to an activating group) is 1. The Morgan fingerprint density at radius 2 is 1.79 bits per heavy atom. The Hall–Kier alpha value is -3.55. The maximum absolute atomic E-state index is 12.6. The molecule has 0 saturated carbocycles. The number of ether oxygens (including phenoxy) is 2. The van der Waals surface area contributed by atoms with Crippen molar-refractivity contribution in [2.45, 2.75) is 13.1 Å². The van der Waals surface area contributed by atoms with Crippen molar-refractivity contribution in [1.29, 1.82) is 0 Å². The smallest absolute Gasteiger partial charge is 0.273 e. The number of amides is 1. The highest BCUT2D eigenvalue weighted by Crippen LogP contribution is 2.25. The lowest BCUT2D eigenvalue weighted by Gasteiger charge is -2.19. The van der Waals surface area contributed by atoms with Crippen LogP contribution in [0.1, 0.15) is 5.56 Å². The summed E-state index contributed by atoms with van der Waals surface area (Å²) in [6.07, 6.45) is 0. The van der Waals surface area contributed by atoms with Crippen molar-refractivity contribution in [3.8, 4) is 11.5 Å². The summed E-state index contributed by atoms with van der Waals surface area (Å²) in [6, 6.07) is 11.8. The Bertz CT molecular complexity index is 1130. The van der Waals surface area contributed by atoms with E-state index in [0.717, 1.165) is 10.2 Å². The van der Waals surface area contributed by atoms with Gasteiger partial charge in [0.25, 0.3) is 11.1 Å². The quantitative estimate of drug-likeness (QED) is 0.694. The fourth-order valence-electron chi connectivity index (χ4n) is 2.94. The highest BCUT2D eigenvalue weighted by atomic mass is 16.5. The largest absolute Gasteiger partial charge is 0.497 e. The number of methoxy groups -OCH3 is 2. The SMILES string of the molecule is COc1ccc(CN(C)C(=O)Cn2[nH]c(=O)c3ccccc3c2=O)c(OC)c1. The molecule has 3 rings (SSSR count). The number of carbonyl (C=O) groups is 1. The first-order chi connectivity index (χ1) is 13.4. The molecule has 2 aromatic carbocycles. The van der Waals surface area contributed by atoms with E-state index in [1.165, 1.54) is 4.90 Å². The van der Waals surface area contributed by atoms with E-state index in [2.05, 4.69) is 5.10 Å². The minimum Gasteiger partial charge on any atom is -0.497 e. The Morgan fingerprint density at radius 3 is 2.46 bits per heavy atom. The van der Waals surface area contributed by atoms with E-state index in [9.17, 15) is 14.4 Å². The van der Waals surface area contributed by atoms with Crippen LogP contribution >= 0.6 is 0 Å². The second kappa shape index (κ2) is 7.99. The molecule has 146 valence electrons. The molecule has 0 aliphatic heterocycles. The van der Waals surface area contributed by atoms with Crippen LogP contribution in [0.25, 0.3) is 10.8 Å². The van der Waals surface area contributed by atoms with Gasteiger partial charge in [-0.25, -0.2) is 4.68 Å². The zero-order valence-electron chi connectivity index (χ0n) is 15.9. The summed E-state index contributed by atoms with van der Waals surface area (Å²) in [7, 11) is 4.72. The standard InChI is InChI=1S/C20H21N3O5/c1-22(11-13-8-9-14(27-2)10-17(13)28-3)18(24)12-23-20(26)16-7-5-4-6-15(16)19(25)21-23/h4-10H,11-12H2,1-3H3,(H,21,25). The molecule has 0 atom stereocenters. The van der Waals surface area contributed by atoms with E-state index in [-0.39, 0.29) is 24.4 Å². The number of benzene rings is 2. The van der Waals surface area contributed by atoms with E-state index >= 15 is 0 Å². The van der Waals surface area contributed by atoms with E-state index in [1.807, 2.05) is 6.07 Å². The first-order valence-corrected chi connectivity index (χ1v) is 8.61. The molecular formula is C20H21N3O5. The van der Waals surface area contributed by atoms with Crippen LogP contribution < -0.4 is 20.6 Å². The molecule has 0 radical (unpaired) electrons. The number of nitrogens with one attached hydrogen (secondary N) is 1. The average molecular weight is 383 g/mol. The summed E-state index contributed by atoms with van der Waals surface area (Å²) in [5, 5.41) is 3.04. The molecule has 1 heterocycles. The third kappa shape index (κ3) is 3.75. The van der Waals surface area contributed by atoms with Crippen molar-refractivity contribution >= 4 is 16.7 Å². The summed E-state index contributed by atoms with van der Waals surface area (Å²) in [6.45, 7) is 0.00639. The Kier molecular flexibility index (Phi) is 5.49. The first kappa shape index (κ1) is 19.2. The Balaban J connectivity index is 1.82. The van der Waals surface area contributed by atoms with Gasteiger partial charge in [0.15, 0.2) is 0 Å². The van der Waals surface area contributed by atoms with Gasteiger partial charge in [-0.2, -0.15) is 0 Å². The van der Waals surface area contributed by atoms with Gasteiger partial charge in [-0.3, -0.25) is 19.5 Å². The van der Waals surface area contributed by atoms with Gasteiger partial charge in [0.05, 0.1) is 25.0 Å². The van der Waals surface area contributed by atoms with Crippen LogP contribution in [-0.4, -0.2) is 41.9 Å². The van der Waals surface area contributed by atoms with Crippen LogP contribution in [0.4, 0.5) is 0 Å². The molecule has 0 unspecified atom stereocenters. The van der Waals surface area contributed by atoms with E-state index in [0.29, 0.717) is 16.9 Å². The topological polar surface area (TPSA) is 93.6 Å². The molecule has 0 aliphatic carbocycles. The molecule has 8 heteroatoms. The van der Waals surface area contributed by atoms with Crippen molar-refractivity contribution in [3.05, 3.63) is 68.7 Å². The number of aromatic nitrogens is 2. The second-order valence-corrected chi connectivity index (χ2v) is 6.31. The molecule has 0 aliphatic rings. The zero-order chi connectivity index (χ0) is 20.3.